The highest BCUT2D eigenvalue weighted by Gasteiger charge is 1.98. The van der Waals surface area contributed by atoms with Gasteiger partial charge in [0.25, 0.3) is 0 Å². The highest BCUT2D eigenvalue weighted by Crippen LogP contribution is 1.99. The van der Waals surface area contributed by atoms with E-state index in [1.54, 1.807) is 30.5 Å². The standard InChI is InChI=1S/C6H5NO2.C5H5NO/c8-6(9)5-3-1-2-4-7-5;7-5-2-1-3-6-4-5/h1-4H,(H,8,9);1-4,7H. The molecule has 5 heteroatoms. The Kier molecular flexibility index (Phi) is 4.46. The fraction of sp³-hybridized carbons (Fsp3) is 0. The van der Waals surface area contributed by atoms with Gasteiger partial charge in [-0.3, -0.25) is 4.98 Å². The molecule has 0 radical (unpaired) electrons. The quantitative estimate of drug-likeness (QED) is 0.759. The van der Waals surface area contributed by atoms with Crippen LogP contribution in [-0.2, 0) is 0 Å². The first-order valence-electron chi connectivity index (χ1n) is 4.43. The number of hydrogen-bond donors (Lipinski definition) is 2. The maximum absolute atomic E-state index is 10.1. The Balaban J connectivity index is 0.000000165. The molecule has 0 spiro atoms. The lowest BCUT2D eigenvalue weighted by Gasteiger charge is -1.87. The van der Waals surface area contributed by atoms with E-state index in [1.807, 2.05) is 0 Å². The molecule has 2 heterocycles. The molecule has 82 valence electrons. The number of hydrogen-bond acceptors (Lipinski definition) is 4. The molecule has 2 N–H and O–H groups in total. The third-order valence-corrected chi connectivity index (χ3v) is 1.53. The summed E-state index contributed by atoms with van der Waals surface area (Å²) in [6, 6.07) is 8.01. The van der Waals surface area contributed by atoms with E-state index in [0.29, 0.717) is 0 Å². The summed E-state index contributed by atoms with van der Waals surface area (Å²) in [4.78, 5) is 17.4. The number of carboxylic acids is 1. The first kappa shape index (κ1) is 11.6. The molecule has 2 aromatic heterocycles. The minimum atomic E-state index is -0.990. The van der Waals surface area contributed by atoms with Crippen molar-refractivity contribution in [3.8, 4) is 5.75 Å². The molecule has 2 aromatic rings. The second kappa shape index (κ2) is 6.13. The Morgan fingerprint density at radius 1 is 1.12 bits per heavy atom. The van der Waals surface area contributed by atoms with Crippen molar-refractivity contribution < 1.29 is 15.0 Å². The molecule has 5 nitrogen and oxygen atoms in total. The van der Waals surface area contributed by atoms with Gasteiger partial charge in [-0.1, -0.05) is 6.07 Å². The molecule has 2 rings (SSSR count). The van der Waals surface area contributed by atoms with Gasteiger partial charge < -0.3 is 10.2 Å². The van der Waals surface area contributed by atoms with E-state index in [9.17, 15) is 4.79 Å². The zero-order valence-electron chi connectivity index (χ0n) is 8.32. The first-order chi connectivity index (χ1) is 7.70. The molecule has 0 aromatic carbocycles. The fourth-order valence-corrected chi connectivity index (χ4v) is 0.843. The Morgan fingerprint density at radius 3 is 2.25 bits per heavy atom. The number of carboxylic acid groups (broad SMARTS) is 1. The van der Waals surface area contributed by atoms with Crippen molar-refractivity contribution in [3.63, 3.8) is 0 Å². The van der Waals surface area contributed by atoms with Crippen LogP contribution in [0.2, 0.25) is 0 Å². The van der Waals surface area contributed by atoms with Gasteiger partial charge in [-0.05, 0) is 24.3 Å². The third-order valence-electron chi connectivity index (χ3n) is 1.53. The van der Waals surface area contributed by atoms with Crippen LogP contribution in [0.25, 0.3) is 0 Å². The van der Waals surface area contributed by atoms with Gasteiger partial charge in [-0.2, -0.15) is 0 Å². The van der Waals surface area contributed by atoms with Crippen molar-refractivity contribution in [3.05, 3.63) is 54.6 Å². The van der Waals surface area contributed by atoms with E-state index in [-0.39, 0.29) is 11.4 Å². The summed E-state index contributed by atoms with van der Waals surface area (Å²) in [5.41, 5.74) is 0.0810. The molecule has 0 aliphatic carbocycles. The van der Waals surface area contributed by atoms with Gasteiger partial charge in [0, 0.05) is 12.4 Å². The lowest BCUT2D eigenvalue weighted by atomic mass is 10.4. The Morgan fingerprint density at radius 2 is 1.94 bits per heavy atom. The van der Waals surface area contributed by atoms with Crippen molar-refractivity contribution in [1.29, 1.82) is 0 Å². The van der Waals surface area contributed by atoms with Crippen molar-refractivity contribution >= 4 is 5.97 Å². The number of aromatic nitrogens is 2. The summed E-state index contributed by atoms with van der Waals surface area (Å²) >= 11 is 0. The molecule has 0 fully saturated rings. The summed E-state index contributed by atoms with van der Waals surface area (Å²) in [5.74, 6) is -0.780. The van der Waals surface area contributed by atoms with Crippen LogP contribution in [0.5, 0.6) is 5.75 Å². The van der Waals surface area contributed by atoms with Crippen LogP contribution in [-0.4, -0.2) is 26.2 Å². The summed E-state index contributed by atoms with van der Waals surface area (Å²) < 4.78 is 0. The van der Waals surface area contributed by atoms with Crippen LogP contribution >= 0.6 is 0 Å². The second-order valence-corrected chi connectivity index (χ2v) is 2.73. The Bertz CT molecular complexity index is 431. The van der Waals surface area contributed by atoms with Crippen LogP contribution in [0.4, 0.5) is 0 Å². The minimum Gasteiger partial charge on any atom is -0.506 e. The molecule has 0 unspecified atom stereocenters. The van der Waals surface area contributed by atoms with Crippen molar-refractivity contribution in [2.75, 3.05) is 0 Å². The maximum atomic E-state index is 10.1. The topological polar surface area (TPSA) is 83.3 Å². The lowest BCUT2D eigenvalue weighted by Crippen LogP contribution is -1.97. The second-order valence-electron chi connectivity index (χ2n) is 2.73. The predicted molar refractivity (Wildman–Crippen MR) is 57.1 cm³/mol. The van der Waals surface area contributed by atoms with E-state index >= 15 is 0 Å². The summed E-state index contributed by atoms with van der Waals surface area (Å²) in [7, 11) is 0. The van der Waals surface area contributed by atoms with Crippen LogP contribution in [0.3, 0.4) is 0 Å². The molecule has 0 saturated carbocycles. The van der Waals surface area contributed by atoms with E-state index in [2.05, 4.69) is 9.97 Å². The SMILES string of the molecule is O=C(O)c1ccccn1.Oc1cccnc1. The average Bonchev–Trinajstić information content (AvgIpc) is 2.32. The molecular weight excluding hydrogens is 208 g/mol. The van der Waals surface area contributed by atoms with Crippen LogP contribution < -0.4 is 0 Å². The van der Waals surface area contributed by atoms with Crippen molar-refractivity contribution in [2.24, 2.45) is 0 Å². The molecular formula is C11H10N2O3. The van der Waals surface area contributed by atoms with Gasteiger partial charge in [0.1, 0.15) is 11.4 Å². The van der Waals surface area contributed by atoms with E-state index < -0.39 is 5.97 Å². The van der Waals surface area contributed by atoms with Gasteiger partial charge in [-0.25, -0.2) is 9.78 Å². The monoisotopic (exact) mass is 218 g/mol. The molecule has 0 atom stereocenters. The molecule has 0 aliphatic rings. The fourth-order valence-electron chi connectivity index (χ4n) is 0.843. The van der Waals surface area contributed by atoms with Gasteiger partial charge in [-0.15, -0.1) is 0 Å². The normalized spacial score (nSPS) is 8.75. The highest BCUT2D eigenvalue weighted by molar-refractivity contribution is 5.85. The summed E-state index contributed by atoms with van der Waals surface area (Å²) in [5, 5.41) is 16.9. The number of carbonyl (C=O) groups is 1. The predicted octanol–water partition coefficient (Wildman–Crippen LogP) is 1.57. The number of pyridine rings is 2. The average molecular weight is 218 g/mol. The molecule has 0 amide bonds. The zero-order chi connectivity index (χ0) is 11.8. The molecule has 0 aliphatic heterocycles. The van der Waals surface area contributed by atoms with Crippen LogP contribution in [0.15, 0.2) is 48.9 Å². The third kappa shape index (κ3) is 4.19. The molecule has 0 saturated heterocycles. The Labute approximate surface area is 92.0 Å². The van der Waals surface area contributed by atoms with E-state index in [4.69, 9.17) is 10.2 Å². The zero-order valence-corrected chi connectivity index (χ0v) is 8.32. The number of aromatic carboxylic acids is 1. The maximum Gasteiger partial charge on any atom is 0.354 e. The molecule has 0 bridgehead atoms. The first-order valence-corrected chi connectivity index (χ1v) is 4.43. The lowest BCUT2D eigenvalue weighted by molar-refractivity contribution is 0.0690. The summed E-state index contributed by atoms with van der Waals surface area (Å²) in [6.45, 7) is 0. The number of rotatable bonds is 1. The Hall–Kier alpha value is -2.43. The smallest absolute Gasteiger partial charge is 0.354 e. The van der Waals surface area contributed by atoms with Gasteiger partial charge >= 0.3 is 5.97 Å². The molecule has 16 heavy (non-hydrogen) atoms. The van der Waals surface area contributed by atoms with E-state index in [0.717, 1.165) is 0 Å². The van der Waals surface area contributed by atoms with Gasteiger partial charge in [0.2, 0.25) is 0 Å². The minimum absolute atomic E-state index is 0.0810. The van der Waals surface area contributed by atoms with Gasteiger partial charge in [0.05, 0.1) is 6.20 Å². The van der Waals surface area contributed by atoms with Crippen LogP contribution in [0.1, 0.15) is 10.5 Å². The van der Waals surface area contributed by atoms with Crippen molar-refractivity contribution in [1.82, 2.24) is 9.97 Å². The largest absolute Gasteiger partial charge is 0.506 e. The van der Waals surface area contributed by atoms with Gasteiger partial charge in [0.15, 0.2) is 0 Å². The van der Waals surface area contributed by atoms with Crippen LogP contribution in [0, 0.1) is 0 Å². The number of nitrogens with zero attached hydrogens (tertiary/aromatic N) is 2. The van der Waals surface area contributed by atoms with E-state index in [1.165, 1.54) is 18.5 Å². The van der Waals surface area contributed by atoms with Crippen molar-refractivity contribution in [2.45, 2.75) is 0 Å². The summed E-state index contributed by atoms with van der Waals surface area (Å²) in [6.07, 6.45) is 4.45. The number of aromatic hydroxyl groups is 1. The highest BCUT2D eigenvalue weighted by atomic mass is 16.4.